The van der Waals surface area contributed by atoms with E-state index in [4.69, 9.17) is 4.74 Å². The molecule has 2 heterocycles. The number of aryl methyl sites for hydroxylation is 1. The molecule has 2 aromatic rings. The minimum atomic E-state index is -0.754. The Hall–Kier alpha value is -1.95. The molecule has 6 heteroatoms. The lowest BCUT2D eigenvalue weighted by Gasteiger charge is -2.19. The molecule has 0 amide bonds. The van der Waals surface area contributed by atoms with Gasteiger partial charge in [-0.15, -0.1) is 11.3 Å². The first-order chi connectivity index (χ1) is 9.95. The summed E-state index contributed by atoms with van der Waals surface area (Å²) in [6, 6.07) is 3.81. The molecule has 1 N–H and O–H groups in total. The van der Waals surface area contributed by atoms with Crippen LogP contribution >= 0.6 is 11.3 Å². The van der Waals surface area contributed by atoms with Gasteiger partial charge in [0.25, 0.3) is 0 Å². The predicted octanol–water partition coefficient (Wildman–Crippen LogP) is 3.43. The van der Waals surface area contributed by atoms with E-state index >= 15 is 0 Å². The highest BCUT2D eigenvalue weighted by Crippen LogP contribution is 2.30. The molecule has 0 aliphatic carbocycles. The van der Waals surface area contributed by atoms with E-state index < -0.39 is 5.41 Å². The zero-order valence-electron chi connectivity index (χ0n) is 12.6. The number of anilines is 2. The Kier molecular flexibility index (Phi) is 4.57. The molecule has 0 unspecified atom stereocenters. The molecule has 0 radical (unpaired) electrons. The molecule has 2 rings (SSSR count). The number of carbonyl (C=O) groups is 1. The van der Waals surface area contributed by atoms with E-state index in [1.165, 1.54) is 11.3 Å². The Balaban J connectivity index is 2.18. The van der Waals surface area contributed by atoms with Crippen molar-refractivity contribution in [3.8, 4) is 0 Å². The molecule has 0 fully saturated rings. The normalized spacial score (nSPS) is 11.2. The second-order valence-electron chi connectivity index (χ2n) is 5.14. The molecule has 0 saturated carbocycles. The van der Waals surface area contributed by atoms with E-state index in [1.54, 1.807) is 13.1 Å². The number of hydrogen-bond donors (Lipinski definition) is 1. The van der Waals surface area contributed by atoms with E-state index in [2.05, 4.69) is 15.3 Å². The molecule has 0 atom stereocenters. The standard InChI is InChI=1S/C15H19N3O2S/c1-5-20-13(19)15(3,4)12-9-21-14(18-12)17-11-7-6-8-16-10(11)2/h6-9H,5H2,1-4H3,(H,17,18). The molecule has 0 spiro atoms. The van der Waals surface area contributed by atoms with Crippen LogP contribution in [0.4, 0.5) is 10.8 Å². The molecule has 0 bridgehead atoms. The van der Waals surface area contributed by atoms with Crippen molar-refractivity contribution in [2.75, 3.05) is 11.9 Å². The van der Waals surface area contributed by atoms with Crippen LogP contribution in [0.2, 0.25) is 0 Å². The van der Waals surface area contributed by atoms with Crippen molar-refractivity contribution in [2.24, 2.45) is 0 Å². The number of nitrogens with zero attached hydrogens (tertiary/aromatic N) is 2. The van der Waals surface area contributed by atoms with Crippen molar-refractivity contribution in [2.45, 2.75) is 33.1 Å². The van der Waals surface area contributed by atoms with Gasteiger partial charge in [-0.1, -0.05) is 0 Å². The quantitative estimate of drug-likeness (QED) is 0.857. The number of pyridine rings is 1. The van der Waals surface area contributed by atoms with Crippen LogP contribution in [0.5, 0.6) is 0 Å². The van der Waals surface area contributed by atoms with Crippen LogP contribution < -0.4 is 5.32 Å². The fourth-order valence-corrected chi connectivity index (χ4v) is 2.66. The first kappa shape index (κ1) is 15.4. The molecule has 0 aliphatic heterocycles. The average molecular weight is 305 g/mol. The van der Waals surface area contributed by atoms with Gasteiger partial charge in [-0.2, -0.15) is 0 Å². The maximum Gasteiger partial charge on any atom is 0.317 e. The summed E-state index contributed by atoms with van der Waals surface area (Å²) in [5.74, 6) is -0.264. The number of hydrogen-bond acceptors (Lipinski definition) is 6. The van der Waals surface area contributed by atoms with Crippen molar-refractivity contribution in [1.29, 1.82) is 0 Å². The molecule has 0 aromatic carbocycles. The maximum absolute atomic E-state index is 12.0. The summed E-state index contributed by atoms with van der Waals surface area (Å²) < 4.78 is 5.10. The van der Waals surface area contributed by atoms with Crippen LogP contribution in [0.15, 0.2) is 23.7 Å². The fourth-order valence-electron chi connectivity index (χ4n) is 1.77. The van der Waals surface area contributed by atoms with Crippen LogP contribution in [0.1, 0.15) is 32.2 Å². The van der Waals surface area contributed by atoms with E-state index in [0.29, 0.717) is 12.3 Å². The second-order valence-corrected chi connectivity index (χ2v) is 6.00. The van der Waals surface area contributed by atoms with Gasteiger partial charge < -0.3 is 10.1 Å². The first-order valence-corrected chi connectivity index (χ1v) is 7.65. The van der Waals surface area contributed by atoms with Crippen molar-refractivity contribution < 1.29 is 9.53 Å². The van der Waals surface area contributed by atoms with Crippen LogP contribution in [0, 0.1) is 6.92 Å². The number of carbonyl (C=O) groups excluding carboxylic acids is 1. The minimum Gasteiger partial charge on any atom is -0.465 e. The smallest absolute Gasteiger partial charge is 0.317 e. The van der Waals surface area contributed by atoms with E-state index in [9.17, 15) is 4.79 Å². The SMILES string of the molecule is CCOC(=O)C(C)(C)c1csc(Nc2cccnc2C)n1. The van der Waals surface area contributed by atoms with Gasteiger partial charge in [-0.3, -0.25) is 9.78 Å². The van der Waals surface area contributed by atoms with E-state index in [0.717, 1.165) is 16.5 Å². The molecule has 21 heavy (non-hydrogen) atoms. The number of esters is 1. The third-order valence-electron chi connectivity index (χ3n) is 3.18. The Morgan fingerprint density at radius 3 is 2.90 bits per heavy atom. The van der Waals surface area contributed by atoms with E-state index in [1.807, 2.05) is 38.3 Å². The third-order valence-corrected chi connectivity index (χ3v) is 3.94. The van der Waals surface area contributed by atoms with Crippen molar-refractivity contribution >= 4 is 28.1 Å². The van der Waals surface area contributed by atoms with E-state index in [-0.39, 0.29) is 5.97 Å². The fraction of sp³-hybridized carbons (Fsp3) is 0.400. The maximum atomic E-state index is 12.0. The Bertz CT molecular complexity index is 637. The molecular formula is C15H19N3O2S. The van der Waals surface area contributed by atoms with Gasteiger partial charge in [-0.05, 0) is 39.8 Å². The number of nitrogens with one attached hydrogen (secondary N) is 1. The molecule has 5 nitrogen and oxygen atoms in total. The van der Waals surface area contributed by atoms with Gasteiger partial charge in [0.1, 0.15) is 5.41 Å². The lowest BCUT2D eigenvalue weighted by Crippen LogP contribution is -2.31. The number of rotatable bonds is 5. The summed E-state index contributed by atoms with van der Waals surface area (Å²) in [5, 5.41) is 5.84. The van der Waals surface area contributed by atoms with Gasteiger partial charge in [0.2, 0.25) is 0 Å². The number of aromatic nitrogens is 2. The second kappa shape index (κ2) is 6.22. The van der Waals surface area contributed by atoms with Gasteiger partial charge in [0.05, 0.1) is 23.7 Å². The summed E-state index contributed by atoms with van der Waals surface area (Å²) in [6.45, 7) is 7.73. The van der Waals surface area contributed by atoms with Crippen LogP contribution in [0.25, 0.3) is 0 Å². The highest BCUT2D eigenvalue weighted by molar-refractivity contribution is 7.13. The predicted molar refractivity (Wildman–Crippen MR) is 84.0 cm³/mol. The van der Waals surface area contributed by atoms with Gasteiger partial charge in [0, 0.05) is 11.6 Å². The molecule has 0 saturated heterocycles. The van der Waals surface area contributed by atoms with Crippen LogP contribution in [-0.2, 0) is 14.9 Å². The van der Waals surface area contributed by atoms with Gasteiger partial charge in [-0.25, -0.2) is 4.98 Å². The Morgan fingerprint density at radius 2 is 2.24 bits per heavy atom. The zero-order valence-corrected chi connectivity index (χ0v) is 13.5. The first-order valence-electron chi connectivity index (χ1n) is 6.77. The molecule has 0 aliphatic rings. The summed E-state index contributed by atoms with van der Waals surface area (Å²) in [6.07, 6.45) is 1.75. The lowest BCUT2D eigenvalue weighted by atomic mass is 9.90. The largest absolute Gasteiger partial charge is 0.465 e. The van der Waals surface area contributed by atoms with Crippen LogP contribution in [0.3, 0.4) is 0 Å². The van der Waals surface area contributed by atoms with Crippen molar-refractivity contribution in [3.05, 3.63) is 35.1 Å². The average Bonchev–Trinajstić information content (AvgIpc) is 2.91. The van der Waals surface area contributed by atoms with Crippen molar-refractivity contribution in [1.82, 2.24) is 9.97 Å². The zero-order chi connectivity index (χ0) is 15.5. The molecule has 2 aromatic heterocycles. The summed E-state index contributed by atoms with van der Waals surface area (Å²) >= 11 is 1.46. The summed E-state index contributed by atoms with van der Waals surface area (Å²) in [5.41, 5.74) is 1.76. The summed E-state index contributed by atoms with van der Waals surface area (Å²) in [4.78, 5) is 20.7. The van der Waals surface area contributed by atoms with Crippen molar-refractivity contribution in [3.63, 3.8) is 0 Å². The number of thiazole rings is 1. The topological polar surface area (TPSA) is 64.1 Å². The minimum absolute atomic E-state index is 0.264. The third kappa shape index (κ3) is 3.39. The highest BCUT2D eigenvalue weighted by atomic mass is 32.1. The summed E-state index contributed by atoms with van der Waals surface area (Å²) in [7, 11) is 0. The van der Waals surface area contributed by atoms with Gasteiger partial charge in [0.15, 0.2) is 5.13 Å². The Labute approximate surface area is 128 Å². The molecule has 112 valence electrons. The molecular weight excluding hydrogens is 286 g/mol. The van der Waals surface area contributed by atoms with Gasteiger partial charge >= 0.3 is 5.97 Å². The number of ether oxygens (including phenoxy) is 1. The lowest BCUT2D eigenvalue weighted by molar-refractivity contribution is -0.148. The highest BCUT2D eigenvalue weighted by Gasteiger charge is 2.33. The monoisotopic (exact) mass is 305 g/mol. The van der Waals surface area contributed by atoms with Crippen LogP contribution in [-0.4, -0.2) is 22.5 Å². The Morgan fingerprint density at radius 1 is 1.48 bits per heavy atom.